The molecule has 1 saturated carbocycles. The summed E-state index contributed by atoms with van der Waals surface area (Å²) >= 11 is 6.05. The van der Waals surface area contributed by atoms with E-state index in [9.17, 15) is 9.59 Å². The number of benzene rings is 1. The Balaban J connectivity index is 1.48. The van der Waals surface area contributed by atoms with Crippen molar-refractivity contribution in [1.82, 2.24) is 14.7 Å². The molecule has 1 aromatic carbocycles. The first-order valence-electron chi connectivity index (χ1n) is 9.29. The maximum absolute atomic E-state index is 12.9. The summed E-state index contributed by atoms with van der Waals surface area (Å²) in [6.07, 6.45) is 3.71. The highest BCUT2D eigenvalue weighted by atomic mass is 35.5. The van der Waals surface area contributed by atoms with E-state index in [1.54, 1.807) is 33.8 Å². The second-order valence-electron chi connectivity index (χ2n) is 7.18. The van der Waals surface area contributed by atoms with E-state index in [-0.39, 0.29) is 17.5 Å². The average molecular weight is 388 g/mol. The van der Waals surface area contributed by atoms with E-state index in [0.29, 0.717) is 48.2 Å². The molecule has 6 nitrogen and oxygen atoms in total. The molecule has 1 saturated heterocycles. The molecule has 0 N–H and O–H groups in total. The summed E-state index contributed by atoms with van der Waals surface area (Å²) in [5.74, 6) is 0.926. The molecule has 7 heteroatoms. The minimum Gasteiger partial charge on any atom is -0.496 e. The highest BCUT2D eigenvalue weighted by Gasteiger charge is 2.29. The Hall–Kier alpha value is -2.34. The van der Waals surface area contributed by atoms with Crippen LogP contribution in [0.1, 0.15) is 53.7 Å². The van der Waals surface area contributed by atoms with E-state index in [1.165, 1.54) is 7.11 Å². The van der Waals surface area contributed by atoms with Crippen LogP contribution in [-0.4, -0.2) is 40.8 Å². The first kappa shape index (κ1) is 18.0. The largest absolute Gasteiger partial charge is 0.496 e. The Morgan fingerprint density at radius 1 is 1.15 bits per heavy atom. The summed E-state index contributed by atoms with van der Waals surface area (Å²) < 4.78 is 6.92. The smallest absolute Gasteiger partial charge is 0.267 e. The average Bonchev–Trinajstić information content (AvgIpc) is 3.53. The predicted molar refractivity (Wildman–Crippen MR) is 103 cm³/mol. The van der Waals surface area contributed by atoms with E-state index >= 15 is 0 Å². The molecule has 142 valence electrons. The zero-order valence-corrected chi connectivity index (χ0v) is 16.0. The van der Waals surface area contributed by atoms with Crippen molar-refractivity contribution in [1.29, 1.82) is 0 Å². The number of nitrogens with zero attached hydrogens (tertiary/aromatic N) is 3. The molecule has 2 aliphatic rings. The minimum atomic E-state index is -0.0974. The molecular formula is C20H22ClN3O3. The number of carbonyl (C=O) groups excluding carboxylic acids is 1. The normalized spacial score (nSPS) is 17.8. The van der Waals surface area contributed by atoms with Crippen molar-refractivity contribution < 1.29 is 9.53 Å². The molecule has 1 aliphatic heterocycles. The third kappa shape index (κ3) is 3.72. The lowest BCUT2D eigenvalue weighted by Gasteiger charge is -2.32. The third-order valence-corrected chi connectivity index (χ3v) is 5.57. The van der Waals surface area contributed by atoms with Crippen LogP contribution in [-0.2, 0) is 0 Å². The molecule has 0 radical (unpaired) electrons. The monoisotopic (exact) mass is 387 g/mol. The number of likely N-dealkylation sites (tertiary alicyclic amines) is 1. The van der Waals surface area contributed by atoms with Crippen molar-refractivity contribution in [3.05, 3.63) is 57.0 Å². The van der Waals surface area contributed by atoms with Crippen LogP contribution in [0.3, 0.4) is 0 Å². The van der Waals surface area contributed by atoms with Gasteiger partial charge in [-0.2, -0.15) is 5.10 Å². The number of halogens is 1. The number of methoxy groups -OCH3 is 1. The molecule has 4 rings (SSSR count). The van der Waals surface area contributed by atoms with Gasteiger partial charge in [-0.1, -0.05) is 11.6 Å². The molecule has 2 fully saturated rings. The maximum atomic E-state index is 12.9. The molecule has 1 aromatic heterocycles. The van der Waals surface area contributed by atoms with E-state index in [1.807, 2.05) is 6.07 Å². The number of rotatable bonds is 4. The first-order valence-corrected chi connectivity index (χ1v) is 9.67. The van der Waals surface area contributed by atoms with E-state index < -0.39 is 0 Å². The van der Waals surface area contributed by atoms with Gasteiger partial charge in [0.2, 0.25) is 0 Å². The topological polar surface area (TPSA) is 64.4 Å². The van der Waals surface area contributed by atoms with Gasteiger partial charge in [-0.15, -0.1) is 0 Å². The van der Waals surface area contributed by atoms with Crippen LogP contribution in [0.5, 0.6) is 5.75 Å². The second kappa shape index (κ2) is 7.35. The van der Waals surface area contributed by atoms with Gasteiger partial charge in [0.1, 0.15) is 5.75 Å². The number of hydrogen-bond acceptors (Lipinski definition) is 4. The number of carbonyl (C=O) groups is 1. The second-order valence-corrected chi connectivity index (χ2v) is 7.62. The SMILES string of the molecule is COc1ccc(Cl)cc1C(=O)N1CCC(n2nc(C3CC3)ccc2=O)CC1. The molecule has 0 atom stereocenters. The van der Waals surface area contributed by atoms with E-state index in [0.717, 1.165) is 18.5 Å². The molecule has 0 spiro atoms. The van der Waals surface area contributed by atoms with Crippen molar-refractivity contribution in [2.75, 3.05) is 20.2 Å². The summed E-state index contributed by atoms with van der Waals surface area (Å²) in [5, 5.41) is 5.09. The van der Waals surface area contributed by atoms with Crippen molar-refractivity contribution in [2.45, 2.75) is 37.6 Å². The molecule has 2 aromatic rings. The lowest BCUT2D eigenvalue weighted by molar-refractivity contribution is 0.0684. The Labute approximate surface area is 162 Å². The summed E-state index contributed by atoms with van der Waals surface area (Å²) in [5.41, 5.74) is 1.41. The lowest BCUT2D eigenvalue weighted by atomic mass is 10.0. The number of ether oxygens (including phenoxy) is 1. The van der Waals surface area contributed by atoms with Crippen LogP contribution < -0.4 is 10.3 Å². The third-order valence-electron chi connectivity index (χ3n) is 5.33. The van der Waals surface area contributed by atoms with Gasteiger partial charge < -0.3 is 9.64 Å². The highest BCUT2D eigenvalue weighted by molar-refractivity contribution is 6.31. The predicted octanol–water partition coefficient (Wildman–Crippen LogP) is 3.26. The Morgan fingerprint density at radius 3 is 2.56 bits per heavy atom. The summed E-state index contributed by atoms with van der Waals surface area (Å²) in [4.78, 5) is 26.9. The summed E-state index contributed by atoms with van der Waals surface area (Å²) in [6, 6.07) is 8.54. The quantitative estimate of drug-likeness (QED) is 0.807. The van der Waals surface area contributed by atoms with Gasteiger partial charge in [0, 0.05) is 30.1 Å². The molecule has 1 aliphatic carbocycles. The van der Waals surface area contributed by atoms with Gasteiger partial charge >= 0.3 is 0 Å². The lowest BCUT2D eigenvalue weighted by Crippen LogP contribution is -2.41. The van der Waals surface area contributed by atoms with Crippen LogP contribution in [0, 0.1) is 0 Å². The van der Waals surface area contributed by atoms with Crippen molar-refractivity contribution in [2.24, 2.45) is 0 Å². The van der Waals surface area contributed by atoms with Gasteiger partial charge in [-0.25, -0.2) is 4.68 Å². The Kier molecular flexibility index (Phi) is 4.91. The molecule has 2 heterocycles. The van der Waals surface area contributed by atoms with Crippen molar-refractivity contribution in [3.63, 3.8) is 0 Å². The fourth-order valence-electron chi connectivity index (χ4n) is 3.63. The highest BCUT2D eigenvalue weighted by Crippen LogP contribution is 2.38. The zero-order chi connectivity index (χ0) is 19.0. The van der Waals surface area contributed by atoms with Crippen LogP contribution in [0.4, 0.5) is 0 Å². The molecular weight excluding hydrogens is 366 g/mol. The fraction of sp³-hybridized carbons (Fsp3) is 0.450. The van der Waals surface area contributed by atoms with Gasteiger partial charge in [0.25, 0.3) is 11.5 Å². The van der Waals surface area contributed by atoms with Gasteiger partial charge in [-0.3, -0.25) is 9.59 Å². The maximum Gasteiger partial charge on any atom is 0.267 e. The molecule has 0 bridgehead atoms. The molecule has 1 amide bonds. The van der Waals surface area contributed by atoms with Crippen molar-refractivity contribution >= 4 is 17.5 Å². The molecule has 0 unspecified atom stereocenters. The van der Waals surface area contributed by atoms with Crippen LogP contribution >= 0.6 is 11.6 Å². The Morgan fingerprint density at radius 2 is 1.89 bits per heavy atom. The minimum absolute atomic E-state index is 0.0292. The number of hydrogen-bond donors (Lipinski definition) is 0. The van der Waals surface area contributed by atoms with Gasteiger partial charge in [0.05, 0.1) is 24.4 Å². The van der Waals surface area contributed by atoms with Crippen molar-refractivity contribution in [3.8, 4) is 5.75 Å². The zero-order valence-electron chi connectivity index (χ0n) is 15.2. The van der Waals surface area contributed by atoms with Gasteiger partial charge in [-0.05, 0) is 49.9 Å². The van der Waals surface area contributed by atoms with Crippen LogP contribution in [0.15, 0.2) is 35.1 Å². The summed E-state index contributed by atoms with van der Waals surface area (Å²) in [7, 11) is 1.54. The molecule has 27 heavy (non-hydrogen) atoms. The number of piperidine rings is 1. The number of aromatic nitrogens is 2. The standard InChI is InChI=1S/C20H22ClN3O3/c1-27-18-6-4-14(21)12-16(18)20(26)23-10-8-15(9-11-23)24-19(25)7-5-17(22-24)13-2-3-13/h4-7,12-13,15H,2-3,8-11H2,1H3. The van der Waals surface area contributed by atoms with Crippen LogP contribution in [0.25, 0.3) is 0 Å². The van der Waals surface area contributed by atoms with E-state index in [2.05, 4.69) is 5.10 Å². The van der Waals surface area contributed by atoms with E-state index in [4.69, 9.17) is 16.3 Å². The first-order chi connectivity index (χ1) is 13.1. The van der Waals surface area contributed by atoms with Crippen LogP contribution in [0.2, 0.25) is 5.02 Å². The summed E-state index contributed by atoms with van der Waals surface area (Å²) in [6.45, 7) is 1.14. The fourth-order valence-corrected chi connectivity index (χ4v) is 3.80. The Bertz CT molecular complexity index is 915. The van der Waals surface area contributed by atoms with Gasteiger partial charge in [0.15, 0.2) is 0 Å². The number of amides is 1.